The first-order valence-corrected chi connectivity index (χ1v) is 12.1. The van der Waals surface area contributed by atoms with Crippen molar-refractivity contribution < 1.29 is 31.1 Å². The molecular weight excluding hydrogens is 455 g/mol. The lowest BCUT2D eigenvalue weighted by Crippen LogP contribution is -2.37. The molecule has 0 aliphatic carbocycles. The number of carbonyl (C=O) groups excluding carboxylic acids is 1. The first-order valence-electron chi connectivity index (χ1n) is 9.54. The fraction of sp³-hybridized carbons (Fsp3) is 0.421. The molecule has 1 aromatic carbocycles. The van der Waals surface area contributed by atoms with Gasteiger partial charge in [0.25, 0.3) is 5.91 Å². The van der Waals surface area contributed by atoms with Crippen LogP contribution in [0, 0.1) is 0 Å². The maximum absolute atomic E-state index is 13.1. The number of thioether (sulfide) groups is 1. The van der Waals surface area contributed by atoms with Gasteiger partial charge >= 0.3 is 6.18 Å². The highest BCUT2D eigenvalue weighted by atomic mass is 32.2. The van der Waals surface area contributed by atoms with Crippen LogP contribution in [0.2, 0.25) is 0 Å². The molecule has 0 unspecified atom stereocenters. The number of hydrogen-bond acceptors (Lipinski definition) is 5. The normalized spacial score (nSPS) is 15.6. The van der Waals surface area contributed by atoms with Gasteiger partial charge in [0.2, 0.25) is 10.0 Å². The van der Waals surface area contributed by atoms with Crippen molar-refractivity contribution >= 4 is 33.4 Å². The lowest BCUT2D eigenvalue weighted by molar-refractivity contribution is -0.137. The molecule has 7 nitrogen and oxygen atoms in total. The van der Waals surface area contributed by atoms with Crippen molar-refractivity contribution in [2.24, 2.45) is 0 Å². The molecule has 1 aliphatic rings. The van der Waals surface area contributed by atoms with Gasteiger partial charge in [0, 0.05) is 30.8 Å². The molecule has 31 heavy (non-hydrogen) atoms. The first kappa shape index (κ1) is 23.5. The predicted octanol–water partition coefficient (Wildman–Crippen LogP) is 3.81. The minimum Gasteiger partial charge on any atom is -0.491 e. The molecule has 0 atom stereocenters. The van der Waals surface area contributed by atoms with Gasteiger partial charge in [0.05, 0.1) is 17.9 Å². The van der Waals surface area contributed by atoms with E-state index < -0.39 is 27.7 Å². The highest BCUT2D eigenvalue weighted by Crippen LogP contribution is 2.35. The topological polar surface area (TPSA) is 91.5 Å². The van der Waals surface area contributed by atoms with Gasteiger partial charge in [0.1, 0.15) is 16.3 Å². The summed E-state index contributed by atoms with van der Waals surface area (Å²) in [5.74, 6) is 0.685. The Morgan fingerprint density at radius 3 is 2.61 bits per heavy atom. The molecule has 3 rings (SSSR count). The molecule has 1 saturated heterocycles. The van der Waals surface area contributed by atoms with Crippen LogP contribution in [0.3, 0.4) is 0 Å². The van der Waals surface area contributed by atoms with Crippen LogP contribution in [0.25, 0.3) is 0 Å². The van der Waals surface area contributed by atoms with Gasteiger partial charge < -0.3 is 15.0 Å². The predicted molar refractivity (Wildman–Crippen MR) is 112 cm³/mol. The monoisotopic (exact) mass is 477 g/mol. The zero-order valence-electron chi connectivity index (χ0n) is 16.7. The van der Waals surface area contributed by atoms with Crippen LogP contribution in [-0.4, -0.2) is 54.8 Å². The zero-order valence-corrected chi connectivity index (χ0v) is 18.3. The SMILES string of the molecule is CCCOc1ccc(C(F)(F)F)cc1NC(=O)c1cc(S(=O)(=O)N2CCSCC2)c[nH]1. The molecule has 1 aliphatic heterocycles. The molecule has 1 amide bonds. The number of sulfonamides is 1. The van der Waals surface area contributed by atoms with Gasteiger partial charge in [-0.15, -0.1) is 0 Å². The Morgan fingerprint density at radius 2 is 1.97 bits per heavy atom. The summed E-state index contributed by atoms with van der Waals surface area (Å²) in [5.41, 5.74) is -1.19. The molecule has 2 heterocycles. The summed E-state index contributed by atoms with van der Waals surface area (Å²) < 4.78 is 71.5. The van der Waals surface area contributed by atoms with E-state index in [1.165, 1.54) is 16.6 Å². The average Bonchev–Trinajstić information content (AvgIpc) is 3.24. The smallest absolute Gasteiger partial charge is 0.416 e. The van der Waals surface area contributed by atoms with Crippen molar-refractivity contribution in [1.29, 1.82) is 0 Å². The van der Waals surface area contributed by atoms with E-state index in [4.69, 9.17) is 4.74 Å². The molecule has 12 heteroatoms. The molecular formula is C19H22F3N3O4S2. The van der Waals surface area contributed by atoms with Crippen LogP contribution in [0.5, 0.6) is 5.75 Å². The fourth-order valence-electron chi connectivity index (χ4n) is 2.92. The lowest BCUT2D eigenvalue weighted by Gasteiger charge is -2.24. The van der Waals surface area contributed by atoms with Crippen LogP contribution in [-0.2, 0) is 16.2 Å². The maximum atomic E-state index is 13.1. The summed E-state index contributed by atoms with van der Waals surface area (Å²) in [7, 11) is -3.76. The Kier molecular flexibility index (Phi) is 7.22. The van der Waals surface area contributed by atoms with E-state index in [9.17, 15) is 26.4 Å². The van der Waals surface area contributed by atoms with E-state index in [1.807, 2.05) is 6.92 Å². The Balaban J connectivity index is 1.83. The second-order valence-corrected chi connectivity index (χ2v) is 9.94. The van der Waals surface area contributed by atoms with Crippen LogP contribution in [0.15, 0.2) is 35.4 Å². The molecule has 0 bridgehead atoms. The van der Waals surface area contributed by atoms with Crippen molar-refractivity contribution in [2.75, 3.05) is 36.5 Å². The van der Waals surface area contributed by atoms with E-state index in [2.05, 4.69) is 10.3 Å². The summed E-state index contributed by atoms with van der Waals surface area (Å²) in [6.45, 7) is 2.85. The number of hydrogen-bond donors (Lipinski definition) is 2. The van der Waals surface area contributed by atoms with Crippen molar-refractivity contribution in [2.45, 2.75) is 24.4 Å². The van der Waals surface area contributed by atoms with Crippen molar-refractivity contribution in [1.82, 2.24) is 9.29 Å². The van der Waals surface area contributed by atoms with Gasteiger partial charge in [-0.05, 0) is 30.7 Å². The number of benzene rings is 1. The molecule has 170 valence electrons. The van der Waals surface area contributed by atoms with Gasteiger partial charge in [0.15, 0.2) is 0 Å². The van der Waals surface area contributed by atoms with Crippen LogP contribution < -0.4 is 10.1 Å². The highest BCUT2D eigenvalue weighted by Gasteiger charge is 2.32. The molecule has 0 spiro atoms. The number of alkyl halides is 3. The molecule has 0 radical (unpaired) electrons. The number of H-pyrrole nitrogens is 1. The van der Waals surface area contributed by atoms with Gasteiger partial charge in [-0.1, -0.05) is 6.92 Å². The van der Waals surface area contributed by atoms with Gasteiger partial charge in [-0.2, -0.15) is 29.2 Å². The summed E-state index contributed by atoms with van der Waals surface area (Å²) in [4.78, 5) is 15.1. The van der Waals surface area contributed by atoms with E-state index in [-0.39, 0.29) is 28.6 Å². The van der Waals surface area contributed by atoms with Crippen molar-refractivity contribution in [3.05, 3.63) is 41.7 Å². The number of aromatic amines is 1. The number of amides is 1. The standard InChI is InChI=1S/C19H22F3N3O4S2/c1-2-7-29-17-4-3-13(19(20,21)22)10-15(17)24-18(26)16-11-14(12-23-16)31(27,28)25-5-8-30-9-6-25/h3-4,10-12,23H,2,5-9H2,1H3,(H,24,26). The number of rotatable bonds is 7. The number of aromatic nitrogens is 1. The number of carbonyl (C=O) groups is 1. The Hall–Kier alpha value is -2.18. The number of anilines is 1. The molecule has 2 aromatic rings. The summed E-state index contributed by atoms with van der Waals surface area (Å²) in [5, 5.41) is 2.39. The number of nitrogens with zero attached hydrogens (tertiary/aromatic N) is 1. The summed E-state index contributed by atoms with van der Waals surface area (Å²) in [6, 6.07) is 3.98. The largest absolute Gasteiger partial charge is 0.491 e. The quantitative estimate of drug-likeness (QED) is 0.633. The van der Waals surface area contributed by atoms with E-state index in [0.717, 1.165) is 18.2 Å². The Bertz CT molecular complexity index is 1030. The first-order chi connectivity index (χ1) is 14.6. The third kappa shape index (κ3) is 5.55. The molecule has 1 fully saturated rings. The third-order valence-corrected chi connectivity index (χ3v) is 7.34. The number of ether oxygens (including phenoxy) is 1. The second-order valence-electron chi connectivity index (χ2n) is 6.78. The maximum Gasteiger partial charge on any atom is 0.416 e. The minimum atomic E-state index is -4.59. The molecule has 0 saturated carbocycles. The Labute approximate surface area is 182 Å². The van der Waals surface area contributed by atoms with Crippen molar-refractivity contribution in [3.63, 3.8) is 0 Å². The van der Waals surface area contributed by atoms with E-state index >= 15 is 0 Å². The third-order valence-electron chi connectivity index (χ3n) is 4.53. The van der Waals surface area contributed by atoms with Gasteiger partial charge in [-0.3, -0.25) is 4.79 Å². The summed E-state index contributed by atoms with van der Waals surface area (Å²) >= 11 is 1.66. The highest BCUT2D eigenvalue weighted by molar-refractivity contribution is 7.99. The van der Waals surface area contributed by atoms with Crippen LogP contribution in [0.4, 0.5) is 18.9 Å². The van der Waals surface area contributed by atoms with Crippen LogP contribution >= 0.6 is 11.8 Å². The molecule has 1 aromatic heterocycles. The lowest BCUT2D eigenvalue weighted by atomic mass is 10.1. The summed E-state index contributed by atoms with van der Waals surface area (Å²) in [6.07, 6.45) is -2.77. The molecule has 2 N–H and O–H groups in total. The second kappa shape index (κ2) is 9.53. The van der Waals surface area contributed by atoms with E-state index in [1.54, 1.807) is 11.8 Å². The van der Waals surface area contributed by atoms with E-state index in [0.29, 0.717) is 31.0 Å². The zero-order chi connectivity index (χ0) is 22.6. The number of nitrogens with one attached hydrogen (secondary N) is 2. The van der Waals surface area contributed by atoms with Gasteiger partial charge in [-0.25, -0.2) is 8.42 Å². The fourth-order valence-corrected chi connectivity index (χ4v) is 5.49. The number of halogens is 3. The van der Waals surface area contributed by atoms with Crippen LogP contribution in [0.1, 0.15) is 29.4 Å². The van der Waals surface area contributed by atoms with Crippen molar-refractivity contribution in [3.8, 4) is 5.75 Å². The Morgan fingerprint density at radius 1 is 1.26 bits per heavy atom. The average molecular weight is 478 g/mol. The minimum absolute atomic E-state index is 0.0731.